The van der Waals surface area contributed by atoms with E-state index in [2.05, 4.69) is 15.0 Å². The number of nitrogens with two attached hydrogens (primary N) is 1. The molecule has 6 nitrogen and oxygen atoms in total. The first-order chi connectivity index (χ1) is 12.4. The van der Waals surface area contributed by atoms with E-state index in [4.69, 9.17) is 5.73 Å². The molecule has 0 bridgehead atoms. The summed E-state index contributed by atoms with van der Waals surface area (Å²) in [6.07, 6.45) is 1.46. The van der Waals surface area contributed by atoms with Crippen molar-refractivity contribution in [3.63, 3.8) is 0 Å². The zero-order chi connectivity index (χ0) is 18.4. The number of H-pyrrole nitrogens is 2. The number of amides is 1. The first-order valence-corrected chi connectivity index (χ1v) is 8.53. The fourth-order valence-corrected chi connectivity index (χ4v) is 3.93. The SMILES string of the molecule is Cc1sc2nc(-c3cc(C(N)=O)c[nH]3)[nH]c(=O)c2c1-c1ccc(F)cc1. The number of halogens is 1. The van der Waals surface area contributed by atoms with Crippen molar-refractivity contribution in [2.24, 2.45) is 5.73 Å². The van der Waals surface area contributed by atoms with Gasteiger partial charge >= 0.3 is 0 Å². The van der Waals surface area contributed by atoms with Gasteiger partial charge in [-0.3, -0.25) is 9.59 Å². The number of aromatic amines is 2. The fourth-order valence-electron chi connectivity index (χ4n) is 2.88. The highest BCUT2D eigenvalue weighted by atomic mass is 32.1. The summed E-state index contributed by atoms with van der Waals surface area (Å²) in [6.45, 7) is 1.89. The van der Waals surface area contributed by atoms with Crippen molar-refractivity contribution in [2.45, 2.75) is 6.92 Å². The minimum Gasteiger partial charge on any atom is -0.366 e. The molecule has 0 spiro atoms. The second kappa shape index (κ2) is 5.92. The largest absolute Gasteiger partial charge is 0.366 e. The van der Waals surface area contributed by atoms with E-state index < -0.39 is 5.91 Å². The zero-order valence-corrected chi connectivity index (χ0v) is 14.4. The molecule has 0 aliphatic carbocycles. The first-order valence-electron chi connectivity index (χ1n) is 7.72. The molecule has 4 rings (SSSR count). The molecule has 0 saturated heterocycles. The summed E-state index contributed by atoms with van der Waals surface area (Å²) in [5.74, 6) is -0.583. The van der Waals surface area contributed by atoms with Crippen molar-refractivity contribution in [1.29, 1.82) is 0 Å². The monoisotopic (exact) mass is 368 g/mol. The third-order valence-corrected chi connectivity index (χ3v) is 5.09. The molecule has 4 aromatic rings. The number of hydrogen-bond acceptors (Lipinski definition) is 4. The van der Waals surface area contributed by atoms with Crippen molar-refractivity contribution >= 4 is 27.5 Å². The Kier molecular flexibility index (Phi) is 3.69. The summed E-state index contributed by atoms with van der Waals surface area (Å²) in [6, 6.07) is 7.54. The van der Waals surface area contributed by atoms with Gasteiger partial charge in [0.2, 0.25) is 5.91 Å². The number of rotatable bonds is 3. The Morgan fingerprint density at radius 1 is 1.27 bits per heavy atom. The Balaban J connectivity index is 1.90. The van der Waals surface area contributed by atoms with E-state index in [1.54, 1.807) is 12.1 Å². The molecular formula is C18H13FN4O2S. The van der Waals surface area contributed by atoms with E-state index in [1.807, 2.05) is 6.92 Å². The fraction of sp³-hybridized carbons (Fsp3) is 0.0556. The van der Waals surface area contributed by atoms with Gasteiger partial charge in [-0.15, -0.1) is 11.3 Å². The lowest BCUT2D eigenvalue weighted by Gasteiger charge is -2.02. The number of carbonyl (C=O) groups is 1. The molecule has 130 valence electrons. The normalized spacial score (nSPS) is 11.2. The van der Waals surface area contributed by atoms with Gasteiger partial charge in [-0.05, 0) is 30.7 Å². The van der Waals surface area contributed by atoms with Crippen LogP contribution in [0.4, 0.5) is 4.39 Å². The number of hydrogen-bond donors (Lipinski definition) is 3. The summed E-state index contributed by atoms with van der Waals surface area (Å²) >= 11 is 1.38. The summed E-state index contributed by atoms with van der Waals surface area (Å²) < 4.78 is 13.2. The molecule has 0 saturated carbocycles. The van der Waals surface area contributed by atoms with Crippen LogP contribution in [-0.2, 0) is 0 Å². The van der Waals surface area contributed by atoms with E-state index in [0.717, 1.165) is 16.0 Å². The number of benzene rings is 1. The second-order valence-electron chi connectivity index (χ2n) is 5.80. The minimum atomic E-state index is -0.568. The minimum absolute atomic E-state index is 0.302. The average Bonchev–Trinajstić information content (AvgIpc) is 3.20. The third-order valence-electron chi connectivity index (χ3n) is 4.09. The van der Waals surface area contributed by atoms with E-state index in [9.17, 15) is 14.0 Å². The van der Waals surface area contributed by atoms with Crippen LogP contribution in [0.1, 0.15) is 15.2 Å². The smallest absolute Gasteiger partial charge is 0.260 e. The van der Waals surface area contributed by atoms with Crippen molar-refractivity contribution in [3.05, 3.63) is 63.1 Å². The lowest BCUT2D eigenvalue weighted by atomic mass is 10.0. The number of aromatic nitrogens is 3. The number of fused-ring (bicyclic) bond motifs is 1. The van der Waals surface area contributed by atoms with Gasteiger partial charge in [-0.25, -0.2) is 9.37 Å². The zero-order valence-electron chi connectivity index (χ0n) is 13.6. The van der Waals surface area contributed by atoms with Crippen LogP contribution in [0, 0.1) is 12.7 Å². The standard InChI is InChI=1S/C18H13FN4O2S/c1-8-13(9-2-4-11(19)5-3-9)14-17(25)22-16(23-18(14)26-8)12-6-10(7-21-12)15(20)24/h2-7,21H,1H3,(H2,20,24)(H,22,23,25). The molecule has 0 unspecified atom stereocenters. The summed E-state index contributed by atoms with van der Waals surface area (Å²) in [4.78, 5) is 35.6. The van der Waals surface area contributed by atoms with Gasteiger partial charge in [-0.1, -0.05) is 12.1 Å². The molecule has 0 aliphatic heterocycles. The molecule has 1 aromatic carbocycles. The van der Waals surface area contributed by atoms with Crippen LogP contribution in [0.3, 0.4) is 0 Å². The van der Waals surface area contributed by atoms with Gasteiger partial charge in [0.15, 0.2) is 5.82 Å². The summed E-state index contributed by atoms with van der Waals surface area (Å²) in [5.41, 5.74) is 7.24. The van der Waals surface area contributed by atoms with Crippen molar-refractivity contribution in [2.75, 3.05) is 0 Å². The molecule has 0 aliphatic rings. The predicted molar refractivity (Wildman–Crippen MR) is 98.7 cm³/mol. The van der Waals surface area contributed by atoms with E-state index in [1.165, 1.54) is 35.7 Å². The number of nitrogens with zero attached hydrogens (tertiary/aromatic N) is 1. The van der Waals surface area contributed by atoms with Gasteiger partial charge < -0.3 is 15.7 Å². The van der Waals surface area contributed by atoms with Crippen LogP contribution in [0.15, 0.2) is 41.3 Å². The Morgan fingerprint density at radius 2 is 2.00 bits per heavy atom. The molecule has 0 radical (unpaired) electrons. The topological polar surface area (TPSA) is 105 Å². The molecule has 0 fully saturated rings. The van der Waals surface area contributed by atoms with Crippen LogP contribution >= 0.6 is 11.3 Å². The molecule has 3 heterocycles. The van der Waals surface area contributed by atoms with Gasteiger partial charge in [-0.2, -0.15) is 0 Å². The molecule has 3 aromatic heterocycles. The Hall–Kier alpha value is -3.26. The maximum absolute atomic E-state index is 13.2. The Bertz CT molecular complexity index is 1200. The van der Waals surface area contributed by atoms with E-state index in [-0.39, 0.29) is 11.4 Å². The number of carbonyl (C=O) groups excluding carboxylic acids is 1. The third kappa shape index (κ3) is 2.60. The van der Waals surface area contributed by atoms with Crippen LogP contribution in [0.25, 0.3) is 32.9 Å². The maximum atomic E-state index is 13.2. The highest BCUT2D eigenvalue weighted by molar-refractivity contribution is 7.19. The highest BCUT2D eigenvalue weighted by Crippen LogP contribution is 2.36. The lowest BCUT2D eigenvalue weighted by Crippen LogP contribution is -2.10. The molecule has 26 heavy (non-hydrogen) atoms. The van der Waals surface area contributed by atoms with Crippen LogP contribution in [0.5, 0.6) is 0 Å². The van der Waals surface area contributed by atoms with E-state index >= 15 is 0 Å². The first kappa shape index (κ1) is 16.2. The van der Waals surface area contributed by atoms with Gasteiger partial charge in [0.05, 0.1) is 16.6 Å². The van der Waals surface area contributed by atoms with Crippen molar-refractivity contribution < 1.29 is 9.18 Å². The highest BCUT2D eigenvalue weighted by Gasteiger charge is 2.18. The predicted octanol–water partition coefficient (Wildman–Crippen LogP) is 3.19. The second-order valence-corrected chi connectivity index (χ2v) is 7.00. The Morgan fingerprint density at radius 3 is 2.65 bits per heavy atom. The quantitative estimate of drug-likeness (QED) is 0.517. The summed E-state index contributed by atoms with van der Waals surface area (Å²) in [7, 11) is 0. The van der Waals surface area contributed by atoms with Crippen LogP contribution in [0.2, 0.25) is 0 Å². The molecule has 8 heteroatoms. The van der Waals surface area contributed by atoms with Crippen LogP contribution < -0.4 is 11.3 Å². The van der Waals surface area contributed by atoms with E-state index in [0.29, 0.717) is 27.3 Å². The number of aryl methyl sites for hydroxylation is 1. The van der Waals surface area contributed by atoms with Gasteiger partial charge in [0.25, 0.3) is 5.56 Å². The van der Waals surface area contributed by atoms with Gasteiger partial charge in [0, 0.05) is 16.6 Å². The van der Waals surface area contributed by atoms with Gasteiger partial charge in [0.1, 0.15) is 10.6 Å². The maximum Gasteiger partial charge on any atom is 0.260 e. The lowest BCUT2D eigenvalue weighted by molar-refractivity contribution is 0.100. The van der Waals surface area contributed by atoms with Crippen LogP contribution in [-0.4, -0.2) is 20.9 Å². The molecular weight excluding hydrogens is 355 g/mol. The number of thiophene rings is 1. The number of primary amides is 1. The summed E-state index contributed by atoms with van der Waals surface area (Å²) in [5, 5.41) is 0.463. The number of nitrogens with one attached hydrogen (secondary N) is 2. The molecule has 1 amide bonds. The molecule has 0 atom stereocenters. The average molecular weight is 368 g/mol. The van der Waals surface area contributed by atoms with Crippen molar-refractivity contribution in [1.82, 2.24) is 15.0 Å². The molecule has 4 N–H and O–H groups in total. The Labute approximate surface area is 150 Å². The van der Waals surface area contributed by atoms with Crippen molar-refractivity contribution in [3.8, 4) is 22.6 Å².